The van der Waals surface area contributed by atoms with Crippen molar-refractivity contribution in [2.75, 3.05) is 17.4 Å². The highest BCUT2D eigenvalue weighted by Crippen LogP contribution is 2.28. The molecule has 1 N–H and O–H groups in total. The first-order valence-electron chi connectivity index (χ1n) is 13.2. The zero-order chi connectivity index (χ0) is 29.3. The summed E-state index contributed by atoms with van der Waals surface area (Å²) in [6, 6.07) is 19.0. The minimum Gasteiger partial charge on any atom is -0.354 e. The van der Waals surface area contributed by atoms with Gasteiger partial charge in [0.15, 0.2) is 0 Å². The fourth-order valence-corrected chi connectivity index (χ4v) is 6.17. The fourth-order valence-electron chi connectivity index (χ4n) is 4.24. The predicted octanol–water partition coefficient (Wildman–Crippen LogP) is 6.22. The number of para-hydroxylation sites is 1. The van der Waals surface area contributed by atoms with Gasteiger partial charge in [-0.2, -0.15) is 0 Å². The summed E-state index contributed by atoms with van der Waals surface area (Å²) < 4.78 is 28.8. The van der Waals surface area contributed by atoms with Gasteiger partial charge in [0.25, 0.3) is 10.0 Å². The molecule has 0 spiro atoms. The molecule has 3 rings (SSSR count). The maximum Gasteiger partial charge on any atom is 0.264 e. The Morgan fingerprint density at radius 2 is 1.52 bits per heavy atom. The number of anilines is 1. The number of amides is 2. The zero-order valence-corrected chi connectivity index (χ0v) is 25.3. The van der Waals surface area contributed by atoms with Gasteiger partial charge in [0.05, 0.1) is 10.6 Å². The highest BCUT2D eigenvalue weighted by Gasteiger charge is 2.34. The summed E-state index contributed by atoms with van der Waals surface area (Å²) in [5, 5.41) is 3.59. The van der Waals surface area contributed by atoms with Crippen molar-refractivity contribution in [2.45, 2.75) is 57.5 Å². The average molecular weight is 605 g/mol. The highest BCUT2D eigenvalue weighted by atomic mass is 35.5. The van der Waals surface area contributed by atoms with Gasteiger partial charge in [-0.3, -0.25) is 13.9 Å². The molecule has 1 atom stereocenters. The molecule has 0 bridgehead atoms. The normalized spacial score (nSPS) is 12.0. The fraction of sp³-hybridized carbons (Fsp3) is 0.333. The van der Waals surface area contributed by atoms with Crippen LogP contribution >= 0.6 is 23.2 Å². The first-order chi connectivity index (χ1) is 19.1. The molecule has 0 saturated heterocycles. The number of nitrogens with zero attached hydrogens (tertiary/aromatic N) is 2. The maximum atomic E-state index is 14.1. The summed E-state index contributed by atoms with van der Waals surface area (Å²) >= 11 is 12.9. The molecule has 0 heterocycles. The van der Waals surface area contributed by atoms with Crippen LogP contribution in [0.4, 0.5) is 5.69 Å². The van der Waals surface area contributed by atoms with Crippen molar-refractivity contribution < 1.29 is 18.0 Å². The largest absolute Gasteiger partial charge is 0.354 e. The Kier molecular flexibility index (Phi) is 11.4. The minimum atomic E-state index is -4.13. The van der Waals surface area contributed by atoms with Gasteiger partial charge in [0.1, 0.15) is 12.6 Å². The molecule has 214 valence electrons. The van der Waals surface area contributed by atoms with Gasteiger partial charge in [0.2, 0.25) is 11.8 Å². The van der Waals surface area contributed by atoms with E-state index in [0.717, 1.165) is 22.7 Å². The molecule has 0 aromatic heterocycles. The van der Waals surface area contributed by atoms with Crippen molar-refractivity contribution in [1.29, 1.82) is 0 Å². The molecule has 0 saturated carbocycles. The number of hydrogen-bond acceptors (Lipinski definition) is 4. The van der Waals surface area contributed by atoms with E-state index in [4.69, 9.17) is 23.2 Å². The lowest BCUT2D eigenvalue weighted by atomic mass is 10.1. The second-order valence-electron chi connectivity index (χ2n) is 9.45. The lowest BCUT2D eigenvalue weighted by Gasteiger charge is -2.33. The third-order valence-electron chi connectivity index (χ3n) is 6.54. The van der Waals surface area contributed by atoms with E-state index >= 15 is 0 Å². The molecule has 3 aromatic rings. The second-order valence-corrected chi connectivity index (χ2v) is 12.1. The van der Waals surface area contributed by atoms with Crippen LogP contribution in [0.2, 0.25) is 10.0 Å². The van der Waals surface area contributed by atoms with Crippen molar-refractivity contribution >= 4 is 50.7 Å². The van der Waals surface area contributed by atoms with Gasteiger partial charge in [0, 0.05) is 28.7 Å². The summed E-state index contributed by atoms with van der Waals surface area (Å²) in [6.07, 6.45) is 2.00. The number of rotatable bonds is 13. The van der Waals surface area contributed by atoms with Crippen molar-refractivity contribution in [3.8, 4) is 0 Å². The number of hydrogen-bond donors (Lipinski definition) is 1. The van der Waals surface area contributed by atoms with E-state index < -0.39 is 28.5 Å². The molecule has 0 fully saturated rings. The van der Waals surface area contributed by atoms with E-state index in [1.165, 1.54) is 17.0 Å². The summed E-state index contributed by atoms with van der Waals surface area (Å²) in [6.45, 7) is 5.56. The molecular weight excluding hydrogens is 569 g/mol. The van der Waals surface area contributed by atoms with E-state index in [2.05, 4.69) is 5.32 Å². The van der Waals surface area contributed by atoms with Crippen LogP contribution in [0.25, 0.3) is 0 Å². The number of carbonyl (C=O) groups excluding carboxylic acids is 2. The number of benzene rings is 3. The molecule has 10 heteroatoms. The van der Waals surface area contributed by atoms with Crippen molar-refractivity contribution in [1.82, 2.24) is 10.2 Å². The van der Waals surface area contributed by atoms with Gasteiger partial charge < -0.3 is 10.2 Å². The summed E-state index contributed by atoms with van der Waals surface area (Å²) in [5.41, 5.74) is 1.71. The van der Waals surface area contributed by atoms with Crippen LogP contribution < -0.4 is 9.62 Å². The van der Waals surface area contributed by atoms with Gasteiger partial charge in [-0.05, 0) is 56.2 Å². The summed E-state index contributed by atoms with van der Waals surface area (Å²) in [4.78, 5) is 28.8. The molecule has 0 unspecified atom stereocenters. The van der Waals surface area contributed by atoms with E-state index in [1.807, 2.05) is 13.8 Å². The Labute approximate surface area is 247 Å². The third-order valence-corrected chi connectivity index (χ3v) is 9.03. The predicted molar refractivity (Wildman–Crippen MR) is 161 cm³/mol. The minimum absolute atomic E-state index is 0.0554. The molecule has 0 aliphatic rings. The molecule has 7 nitrogen and oxygen atoms in total. The van der Waals surface area contributed by atoms with Crippen molar-refractivity contribution in [2.24, 2.45) is 0 Å². The van der Waals surface area contributed by atoms with Crippen LogP contribution in [0.15, 0.2) is 77.7 Å². The van der Waals surface area contributed by atoms with E-state index in [-0.39, 0.29) is 17.3 Å². The Bertz CT molecular complexity index is 1380. The van der Waals surface area contributed by atoms with Crippen LogP contribution in [-0.4, -0.2) is 44.3 Å². The summed E-state index contributed by atoms with van der Waals surface area (Å²) in [5.74, 6) is -0.881. The molecule has 0 aliphatic carbocycles. The first kappa shape index (κ1) is 31.5. The SMILES string of the molecule is CCCCNC(=O)[C@@H](CC)N(Cc1c(Cl)cccc1Cl)C(=O)CN(c1ccccc1)S(=O)(=O)c1ccc(C)cc1. The third kappa shape index (κ3) is 7.77. The quantitative estimate of drug-likeness (QED) is 0.235. The number of halogens is 2. The molecule has 2 amide bonds. The molecule has 0 radical (unpaired) electrons. The number of unbranched alkanes of at least 4 members (excludes halogenated alkanes) is 1. The van der Waals surface area contributed by atoms with Crippen LogP contribution in [0, 0.1) is 6.92 Å². The molecule has 3 aromatic carbocycles. The van der Waals surface area contributed by atoms with Crippen LogP contribution in [0.5, 0.6) is 0 Å². The topological polar surface area (TPSA) is 86.8 Å². The van der Waals surface area contributed by atoms with Crippen molar-refractivity contribution in [3.63, 3.8) is 0 Å². The Morgan fingerprint density at radius 3 is 2.10 bits per heavy atom. The highest BCUT2D eigenvalue weighted by molar-refractivity contribution is 7.92. The Hall–Kier alpha value is -3.07. The molecule has 40 heavy (non-hydrogen) atoms. The Morgan fingerprint density at radius 1 is 0.900 bits per heavy atom. The smallest absolute Gasteiger partial charge is 0.264 e. The lowest BCUT2D eigenvalue weighted by Crippen LogP contribution is -2.52. The van der Waals surface area contributed by atoms with Gasteiger partial charge in [-0.15, -0.1) is 0 Å². The van der Waals surface area contributed by atoms with Crippen LogP contribution in [0.3, 0.4) is 0 Å². The number of nitrogens with one attached hydrogen (secondary N) is 1. The molecular formula is C30H35Cl2N3O4S. The monoisotopic (exact) mass is 603 g/mol. The van der Waals surface area contributed by atoms with Crippen molar-refractivity contribution in [3.05, 3.63) is 94.0 Å². The van der Waals surface area contributed by atoms with E-state index in [0.29, 0.717) is 34.3 Å². The zero-order valence-electron chi connectivity index (χ0n) is 22.9. The number of carbonyl (C=O) groups is 2. The molecule has 0 aliphatic heterocycles. The van der Waals surface area contributed by atoms with Gasteiger partial charge in [-0.1, -0.05) is 85.4 Å². The van der Waals surface area contributed by atoms with Crippen LogP contribution in [-0.2, 0) is 26.2 Å². The Balaban J connectivity index is 2.05. The number of aryl methyl sites for hydroxylation is 1. The van der Waals surface area contributed by atoms with Crippen LogP contribution in [0.1, 0.15) is 44.2 Å². The standard InChI is InChI=1S/C30H35Cl2N3O4S/c1-4-6-19-33-30(37)28(5-2)34(20-25-26(31)13-10-14-27(25)32)29(36)21-35(23-11-8-7-9-12-23)40(38,39)24-17-15-22(3)16-18-24/h7-18,28H,4-6,19-21H2,1-3H3,(H,33,37)/t28-/m1/s1. The first-order valence-corrected chi connectivity index (χ1v) is 15.4. The lowest BCUT2D eigenvalue weighted by molar-refractivity contribution is -0.140. The van der Waals surface area contributed by atoms with E-state index in [1.54, 1.807) is 67.6 Å². The summed E-state index contributed by atoms with van der Waals surface area (Å²) in [7, 11) is -4.13. The van der Waals surface area contributed by atoms with E-state index in [9.17, 15) is 18.0 Å². The van der Waals surface area contributed by atoms with Gasteiger partial charge in [-0.25, -0.2) is 8.42 Å². The van der Waals surface area contributed by atoms with Gasteiger partial charge >= 0.3 is 0 Å². The number of sulfonamides is 1. The average Bonchev–Trinajstić information content (AvgIpc) is 2.93. The second kappa shape index (κ2) is 14.5. The maximum absolute atomic E-state index is 14.1.